The van der Waals surface area contributed by atoms with Gasteiger partial charge in [0.2, 0.25) is 0 Å². The zero-order valence-electron chi connectivity index (χ0n) is 10.1. The number of ketones is 1. The molecule has 0 aromatic heterocycles. The number of carbonyl (C=O) groups is 1. The normalized spacial score (nSPS) is 17.7. The van der Waals surface area contributed by atoms with Crippen molar-refractivity contribution >= 4 is 5.78 Å². The van der Waals surface area contributed by atoms with Gasteiger partial charge in [0.1, 0.15) is 0 Å². The third-order valence-corrected chi connectivity index (χ3v) is 2.91. The van der Waals surface area contributed by atoms with E-state index in [2.05, 4.69) is 0 Å². The molecule has 1 saturated heterocycles. The summed E-state index contributed by atoms with van der Waals surface area (Å²) in [6.07, 6.45) is 2.75. The van der Waals surface area contributed by atoms with E-state index in [9.17, 15) is 4.79 Å². The second kappa shape index (κ2) is 5.94. The molecule has 0 aliphatic carbocycles. The quantitative estimate of drug-likeness (QED) is 0.754. The van der Waals surface area contributed by atoms with Gasteiger partial charge in [-0.15, -0.1) is 0 Å². The van der Waals surface area contributed by atoms with E-state index in [1.807, 2.05) is 24.3 Å². The molecule has 0 atom stereocenters. The average molecular weight is 234 g/mol. The molecule has 0 unspecified atom stereocenters. The second-order valence-corrected chi connectivity index (χ2v) is 4.34. The van der Waals surface area contributed by atoms with Gasteiger partial charge in [0.25, 0.3) is 0 Å². The molecule has 1 heterocycles. The first-order valence-electron chi connectivity index (χ1n) is 6.09. The summed E-state index contributed by atoms with van der Waals surface area (Å²) < 4.78 is 11.2. The smallest absolute Gasteiger partial charge is 0.161 e. The lowest BCUT2D eigenvalue weighted by molar-refractivity contribution is -0.124. The largest absolute Gasteiger partial charge is 0.352 e. The van der Waals surface area contributed by atoms with Crippen molar-refractivity contribution in [2.24, 2.45) is 0 Å². The summed E-state index contributed by atoms with van der Waals surface area (Å²) in [7, 11) is 0. The number of hydrogen-bond donors (Lipinski definition) is 0. The summed E-state index contributed by atoms with van der Waals surface area (Å²) in [6, 6.07) is 7.64. The van der Waals surface area contributed by atoms with Crippen molar-refractivity contribution in [2.45, 2.75) is 32.5 Å². The molecule has 1 aromatic carbocycles. The Kier molecular flexibility index (Phi) is 4.29. The van der Waals surface area contributed by atoms with Crippen molar-refractivity contribution in [3.63, 3.8) is 0 Å². The van der Waals surface area contributed by atoms with E-state index in [4.69, 9.17) is 9.47 Å². The minimum Gasteiger partial charge on any atom is -0.352 e. The van der Waals surface area contributed by atoms with Gasteiger partial charge in [-0.05, 0) is 25.3 Å². The van der Waals surface area contributed by atoms with Crippen molar-refractivity contribution in [1.29, 1.82) is 0 Å². The van der Waals surface area contributed by atoms with Crippen LogP contribution in [0.4, 0.5) is 0 Å². The third-order valence-electron chi connectivity index (χ3n) is 2.91. The molecule has 0 bridgehead atoms. The summed E-state index contributed by atoms with van der Waals surface area (Å²) in [5.41, 5.74) is 1.89. The van der Waals surface area contributed by atoms with Crippen LogP contribution >= 0.6 is 0 Å². The fraction of sp³-hybridized carbons (Fsp3) is 0.500. The van der Waals surface area contributed by atoms with Crippen molar-refractivity contribution in [1.82, 2.24) is 0 Å². The maximum Gasteiger partial charge on any atom is 0.161 e. The monoisotopic (exact) mass is 234 g/mol. The third kappa shape index (κ3) is 3.65. The van der Waals surface area contributed by atoms with Crippen molar-refractivity contribution in [2.75, 3.05) is 13.2 Å². The highest BCUT2D eigenvalue weighted by Gasteiger charge is 2.13. The summed E-state index contributed by atoms with van der Waals surface area (Å²) >= 11 is 0. The molecule has 17 heavy (non-hydrogen) atoms. The Morgan fingerprint density at radius 3 is 2.29 bits per heavy atom. The summed E-state index contributed by atoms with van der Waals surface area (Å²) in [5.74, 6) is 0.0958. The minimum atomic E-state index is -0.138. The lowest BCUT2D eigenvalue weighted by Crippen LogP contribution is -2.18. The molecule has 0 radical (unpaired) electrons. The van der Waals surface area contributed by atoms with Crippen LogP contribution < -0.4 is 0 Å². The lowest BCUT2D eigenvalue weighted by Gasteiger charge is -2.15. The Labute approximate surface area is 102 Å². The zero-order valence-corrected chi connectivity index (χ0v) is 10.1. The Hall–Kier alpha value is -1.19. The zero-order chi connectivity index (χ0) is 12.1. The fourth-order valence-corrected chi connectivity index (χ4v) is 1.87. The molecule has 0 N–H and O–H groups in total. The highest BCUT2D eigenvalue weighted by Crippen LogP contribution is 2.13. The van der Waals surface area contributed by atoms with E-state index >= 15 is 0 Å². The van der Waals surface area contributed by atoms with Gasteiger partial charge in [-0.2, -0.15) is 0 Å². The minimum absolute atomic E-state index is 0.0958. The molecule has 0 amide bonds. The number of hydrogen-bond acceptors (Lipinski definition) is 3. The van der Waals surface area contributed by atoms with Gasteiger partial charge in [-0.25, -0.2) is 0 Å². The number of carbonyl (C=O) groups excluding carboxylic acids is 1. The molecule has 1 aliphatic heterocycles. The molecule has 1 aliphatic rings. The Morgan fingerprint density at radius 2 is 1.76 bits per heavy atom. The summed E-state index contributed by atoms with van der Waals surface area (Å²) in [5, 5.41) is 0. The van der Waals surface area contributed by atoms with Gasteiger partial charge in [0, 0.05) is 25.2 Å². The first kappa shape index (κ1) is 12.3. The molecule has 92 valence electrons. The predicted molar refractivity (Wildman–Crippen MR) is 65.1 cm³/mol. The maximum atomic E-state index is 11.1. The van der Waals surface area contributed by atoms with Crippen LogP contribution in [0, 0.1) is 0 Å². The van der Waals surface area contributed by atoms with E-state index in [-0.39, 0.29) is 12.1 Å². The van der Waals surface area contributed by atoms with E-state index < -0.39 is 0 Å². The Morgan fingerprint density at radius 1 is 1.18 bits per heavy atom. The van der Waals surface area contributed by atoms with Gasteiger partial charge in [-0.3, -0.25) is 4.79 Å². The lowest BCUT2D eigenvalue weighted by atomic mass is 10.1. The maximum absolute atomic E-state index is 11.1. The number of ether oxygens (including phenoxy) is 2. The van der Waals surface area contributed by atoms with Gasteiger partial charge in [0.05, 0.1) is 0 Å². The van der Waals surface area contributed by atoms with Gasteiger partial charge in [0.15, 0.2) is 12.1 Å². The van der Waals surface area contributed by atoms with E-state index in [1.165, 1.54) is 0 Å². The molecular weight excluding hydrogens is 216 g/mol. The van der Waals surface area contributed by atoms with Gasteiger partial charge < -0.3 is 9.47 Å². The summed E-state index contributed by atoms with van der Waals surface area (Å²) in [6.45, 7) is 3.12. The fourth-order valence-electron chi connectivity index (χ4n) is 1.87. The number of rotatable bonds is 3. The van der Waals surface area contributed by atoms with Crippen LogP contribution in [0.3, 0.4) is 0 Å². The highest BCUT2D eigenvalue weighted by atomic mass is 16.7. The van der Waals surface area contributed by atoms with Crippen LogP contribution in [-0.4, -0.2) is 25.3 Å². The Bertz CT molecular complexity index is 362. The van der Waals surface area contributed by atoms with Crippen LogP contribution in [0.1, 0.15) is 35.7 Å². The molecule has 3 nitrogen and oxygen atoms in total. The topological polar surface area (TPSA) is 35.5 Å². The Balaban J connectivity index is 1.95. The molecule has 3 heteroatoms. The standard InChI is InChI=1S/C14H18O3/c1-11(15)13-6-4-12(5-7-13)10-14-16-8-2-3-9-17-14/h4-7,14H,2-3,8-10H2,1H3. The van der Waals surface area contributed by atoms with Crippen molar-refractivity contribution < 1.29 is 14.3 Å². The molecule has 1 fully saturated rings. The van der Waals surface area contributed by atoms with Crippen molar-refractivity contribution in [3.8, 4) is 0 Å². The number of Topliss-reactive ketones (excluding diaryl/α,β-unsaturated/α-hetero) is 1. The van der Waals surface area contributed by atoms with E-state index in [0.717, 1.165) is 43.6 Å². The number of benzene rings is 1. The first-order chi connectivity index (χ1) is 8.25. The highest BCUT2D eigenvalue weighted by molar-refractivity contribution is 5.93. The van der Waals surface area contributed by atoms with E-state index in [1.54, 1.807) is 6.92 Å². The first-order valence-corrected chi connectivity index (χ1v) is 6.09. The molecule has 1 aromatic rings. The summed E-state index contributed by atoms with van der Waals surface area (Å²) in [4.78, 5) is 11.1. The SMILES string of the molecule is CC(=O)c1ccc(CC2OCCCCO2)cc1. The average Bonchev–Trinajstić information content (AvgIpc) is 2.58. The van der Waals surface area contributed by atoms with Gasteiger partial charge in [-0.1, -0.05) is 24.3 Å². The van der Waals surface area contributed by atoms with Crippen LogP contribution in [0.5, 0.6) is 0 Å². The van der Waals surface area contributed by atoms with Crippen LogP contribution in [0.25, 0.3) is 0 Å². The van der Waals surface area contributed by atoms with Crippen LogP contribution in [-0.2, 0) is 15.9 Å². The van der Waals surface area contributed by atoms with Crippen LogP contribution in [0.15, 0.2) is 24.3 Å². The van der Waals surface area contributed by atoms with Crippen molar-refractivity contribution in [3.05, 3.63) is 35.4 Å². The second-order valence-electron chi connectivity index (χ2n) is 4.34. The van der Waals surface area contributed by atoms with E-state index in [0.29, 0.717) is 0 Å². The molecule has 0 spiro atoms. The van der Waals surface area contributed by atoms with Crippen LogP contribution in [0.2, 0.25) is 0 Å². The molecular formula is C14H18O3. The molecule has 2 rings (SSSR count). The van der Waals surface area contributed by atoms with Gasteiger partial charge >= 0.3 is 0 Å². The molecule has 0 saturated carbocycles. The predicted octanol–water partition coefficient (Wildman–Crippen LogP) is 2.58.